The van der Waals surface area contributed by atoms with Crippen molar-refractivity contribution in [2.45, 2.75) is 137 Å². The Kier molecular flexibility index (Phi) is 9.11. The smallest absolute Gasteiger partial charge is 0.264 e. The highest BCUT2D eigenvalue weighted by molar-refractivity contribution is 7.33. The minimum absolute atomic E-state index is 0.0163. The second-order valence-electron chi connectivity index (χ2n) is 25.8. The van der Waals surface area contributed by atoms with Crippen LogP contribution in [0.4, 0.5) is 34.1 Å². The molecule has 3 aromatic heterocycles. The lowest BCUT2D eigenvalue weighted by Gasteiger charge is -2.45. The standard InChI is InChI=1S/C65H65BN2O2S/c1-36-29-51-56-52(30-36)68(38-23-25-45-48(32-38)65(13,14)28-27-64(45,11)12)57-44-31-37(61(2,3)4)21-26-55(44)71-60(57)66(56)49-35-54-43(42-18-16-20-47(59(42)70-54)63(8,9)10)34-50(49)67(51)39-22-24-40-41-17-15-19-46(62(5,6)7)58(41)69-53(40)33-39/h15-26,29-35H,27-28H2,1-14H3. The maximum atomic E-state index is 7.13. The Labute approximate surface area is 423 Å². The quantitative estimate of drug-likeness (QED) is 0.162. The summed E-state index contributed by atoms with van der Waals surface area (Å²) in [5.41, 5.74) is 21.5. The molecular formula is C65H65BN2O2S. The number of hydrogen-bond donors (Lipinski definition) is 0. The van der Waals surface area contributed by atoms with Gasteiger partial charge in [0.2, 0.25) is 0 Å². The molecule has 3 aliphatic rings. The molecule has 0 N–H and O–H groups in total. The second kappa shape index (κ2) is 14.5. The van der Waals surface area contributed by atoms with E-state index in [9.17, 15) is 0 Å². The zero-order valence-corrected chi connectivity index (χ0v) is 44.9. The number of fused-ring (bicyclic) bond motifs is 13. The molecule has 0 spiro atoms. The first-order valence-corrected chi connectivity index (χ1v) is 26.7. The zero-order valence-electron chi connectivity index (χ0n) is 44.1. The Balaban J connectivity index is 1.15. The third-order valence-electron chi connectivity index (χ3n) is 16.7. The van der Waals surface area contributed by atoms with Crippen LogP contribution in [0.1, 0.15) is 136 Å². The van der Waals surface area contributed by atoms with E-state index >= 15 is 0 Å². The van der Waals surface area contributed by atoms with Gasteiger partial charge in [0.15, 0.2) is 0 Å². The van der Waals surface area contributed by atoms with Crippen molar-refractivity contribution in [3.05, 3.63) is 149 Å². The first-order valence-electron chi connectivity index (χ1n) is 25.9. The predicted molar refractivity (Wildman–Crippen MR) is 307 cm³/mol. The van der Waals surface area contributed by atoms with Gasteiger partial charge in [-0.15, -0.1) is 11.3 Å². The van der Waals surface area contributed by atoms with Gasteiger partial charge in [0.05, 0.1) is 5.69 Å². The summed E-state index contributed by atoms with van der Waals surface area (Å²) in [5, 5.41) is 5.90. The van der Waals surface area contributed by atoms with E-state index in [1.807, 2.05) is 11.3 Å². The van der Waals surface area contributed by atoms with Crippen molar-refractivity contribution >= 4 is 122 Å². The van der Waals surface area contributed by atoms with E-state index in [2.05, 4.69) is 222 Å². The molecule has 356 valence electrons. The second-order valence-corrected chi connectivity index (χ2v) is 26.8. The van der Waals surface area contributed by atoms with E-state index in [0.717, 1.165) is 56.0 Å². The molecule has 10 aromatic rings. The van der Waals surface area contributed by atoms with Crippen LogP contribution in [-0.2, 0) is 27.1 Å². The number of rotatable bonds is 2. The SMILES string of the molecule is Cc1cc2c3c(c1)N(c1ccc4c(c1)C(C)(C)CCC4(C)C)c1c(sc4ccc(C(C)(C)C)cc14)B3c1cc3oc4c(C(C)(C)C)cccc4c3cc1N2c1ccc2c(c1)oc1c(C(C)(C)C)cccc12. The Bertz CT molecular complexity index is 3930. The summed E-state index contributed by atoms with van der Waals surface area (Å²) in [7, 11) is 0. The fourth-order valence-corrected chi connectivity index (χ4v) is 14.0. The van der Waals surface area contributed by atoms with Crippen LogP contribution in [0.25, 0.3) is 54.0 Å². The number of furan rings is 2. The zero-order chi connectivity index (χ0) is 49.6. The first kappa shape index (κ1) is 44.7. The molecule has 0 amide bonds. The number of benzene rings is 7. The van der Waals surface area contributed by atoms with E-state index in [0.29, 0.717) is 0 Å². The maximum absolute atomic E-state index is 7.13. The molecule has 7 aromatic carbocycles. The Morgan fingerprint density at radius 2 is 1.11 bits per heavy atom. The molecule has 0 unspecified atom stereocenters. The molecule has 0 saturated carbocycles. The van der Waals surface area contributed by atoms with Crippen molar-refractivity contribution in [3.8, 4) is 0 Å². The van der Waals surface area contributed by atoms with E-state index in [1.54, 1.807) is 0 Å². The van der Waals surface area contributed by atoms with Crippen molar-refractivity contribution in [1.82, 2.24) is 0 Å². The molecule has 13 rings (SSSR count). The van der Waals surface area contributed by atoms with Crippen molar-refractivity contribution in [2.24, 2.45) is 0 Å². The third kappa shape index (κ3) is 6.48. The number of aryl methyl sites for hydroxylation is 1. The van der Waals surface area contributed by atoms with Crippen LogP contribution in [0, 0.1) is 6.92 Å². The number of anilines is 6. The summed E-state index contributed by atoms with van der Waals surface area (Å²) in [6, 6.07) is 44.7. The van der Waals surface area contributed by atoms with Gasteiger partial charge in [-0.1, -0.05) is 139 Å². The molecule has 0 atom stereocenters. The van der Waals surface area contributed by atoms with Gasteiger partial charge in [-0.3, -0.25) is 0 Å². The van der Waals surface area contributed by atoms with Crippen LogP contribution in [0.3, 0.4) is 0 Å². The predicted octanol–water partition coefficient (Wildman–Crippen LogP) is 17.3. The number of nitrogens with zero attached hydrogens (tertiary/aromatic N) is 2. The minimum atomic E-state index is -0.0943. The van der Waals surface area contributed by atoms with E-state index < -0.39 is 0 Å². The minimum Gasteiger partial charge on any atom is -0.456 e. The topological polar surface area (TPSA) is 32.8 Å². The van der Waals surface area contributed by atoms with Crippen molar-refractivity contribution in [1.29, 1.82) is 0 Å². The number of para-hydroxylation sites is 2. The molecule has 0 fully saturated rings. The molecule has 5 heterocycles. The average molecular weight is 949 g/mol. The van der Waals surface area contributed by atoms with Gasteiger partial charge in [-0.25, -0.2) is 0 Å². The number of thiophene rings is 1. The van der Waals surface area contributed by atoms with Gasteiger partial charge in [0, 0.05) is 82.0 Å². The third-order valence-corrected chi connectivity index (χ3v) is 18.0. The van der Waals surface area contributed by atoms with Crippen LogP contribution >= 0.6 is 11.3 Å². The van der Waals surface area contributed by atoms with Gasteiger partial charge in [0.1, 0.15) is 22.3 Å². The average Bonchev–Trinajstić information content (AvgIpc) is 3.99. The van der Waals surface area contributed by atoms with Crippen molar-refractivity contribution in [3.63, 3.8) is 0 Å². The van der Waals surface area contributed by atoms with E-state index in [4.69, 9.17) is 8.83 Å². The van der Waals surface area contributed by atoms with Crippen LogP contribution < -0.4 is 25.5 Å². The van der Waals surface area contributed by atoms with Gasteiger partial charge in [-0.2, -0.15) is 0 Å². The van der Waals surface area contributed by atoms with Gasteiger partial charge in [-0.05, 0) is 141 Å². The van der Waals surface area contributed by atoms with Crippen LogP contribution in [0.5, 0.6) is 0 Å². The van der Waals surface area contributed by atoms with Crippen LogP contribution in [-0.4, -0.2) is 6.71 Å². The molecule has 4 nitrogen and oxygen atoms in total. The largest absolute Gasteiger partial charge is 0.456 e. The summed E-state index contributed by atoms with van der Waals surface area (Å²) >= 11 is 1.97. The Morgan fingerprint density at radius 3 is 1.76 bits per heavy atom. The van der Waals surface area contributed by atoms with Gasteiger partial charge < -0.3 is 18.6 Å². The maximum Gasteiger partial charge on any atom is 0.264 e. The molecule has 0 bridgehead atoms. The Hall–Kier alpha value is -6.24. The van der Waals surface area contributed by atoms with E-state index in [1.165, 1.54) is 94.0 Å². The Morgan fingerprint density at radius 1 is 0.521 bits per heavy atom. The summed E-state index contributed by atoms with van der Waals surface area (Å²) < 4.78 is 16.8. The molecule has 0 radical (unpaired) electrons. The monoisotopic (exact) mass is 948 g/mol. The lowest BCUT2D eigenvalue weighted by Crippen LogP contribution is -2.60. The molecular weight excluding hydrogens is 884 g/mol. The number of hydrogen-bond acceptors (Lipinski definition) is 5. The van der Waals surface area contributed by atoms with Crippen LogP contribution in [0.15, 0.2) is 124 Å². The summed E-state index contributed by atoms with van der Waals surface area (Å²) in [6.07, 6.45) is 2.34. The fourth-order valence-electron chi connectivity index (χ4n) is 12.7. The summed E-state index contributed by atoms with van der Waals surface area (Å²) in [4.78, 5) is 5.21. The highest BCUT2D eigenvalue weighted by atomic mass is 32.1. The molecule has 1 aliphatic carbocycles. The molecule has 71 heavy (non-hydrogen) atoms. The van der Waals surface area contributed by atoms with Gasteiger partial charge >= 0.3 is 0 Å². The lowest BCUT2D eigenvalue weighted by molar-refractivity contribution is 0.332. The molecule has 6 heteroatoms. The fraction of sp³-hybridized carbons (Fsp3) is 0.323. The molecule has 0 saturated heterocycles. The summed E-state index contributed by atoms with van der Waals surface area (Å²) in [5.74, 6) is 0. The van der Waals surface area contributed by atoms with Gasteiger partial charge in [0.25, 0.3) is 6.71 Å². The lowest BCUT2D eigenvalue weighted by atomic mass is 9.36. The highest BCUT2D eigenvalue weighted by Gasteiger charge is 2.47. The molecule has 2 aliphatic heterocycles. The van der Waals surface area contributed by atoms with E-state index in [-0.39, 0.29) is 33.8 Å². The summed E-state index contributed by atoms with van der Waals surface area (Å²) in [6.45, 7) is 32.7. The van der Waals surface area contributed by atoms with Crippen molar-refractivity contribution in [2.75, 3.05) is 9.80 Å². The van der Waals surface area contributed by atoms with Crippen LogP contribution in [0.2, 0.25) is 0 Å². The van der Waals surface area contributed by atoms with Crippen molar-refractivity contribution < 1.29 is 8.83 Å². The normalized spacial score (nSPS) is 16.3. The first-order chi connectivity index (χ1) is 33.5. The highest BCUT2D eigenvalue weighted by Crippen LogP contribution is 2.53.